The van der Waals surface area contributed by atoms with E-state index in [-0.39, 0.29) is 11.0 Å². The van der Waals surface area contributed by atoms with Crippen LogP contribution in [-0.2, 0) is 4.79 Å². The molecule has 3 aromatic rings. The predicted octanol–water partition coefficient (Wildman–Crippen LogP) is 3.46. The van der Waals surface area contributed by atoms with Gasteiger partial charge in [-0.25, -0.2) is 0 Å². The first-order valence-corrected chi connectivity index (χ1v) is 9.31. The number of hydrogen-bond acceptors (Lipinski definition) is 7. The monoisotopic (exact) mass is 373 g/mol. The van der Waals surface area contributed by atoms with Crippen LogP contribution in [0.15, 0.2) is 45.4 Å². The highest BCUT2D eigenvalue weighted by Gasteiger charge is 2.14. The standard InChI is InChI=1S/C17H15N3O3S2/c1-10-5-6-12(8-11(10)2)16-19-20-17(23-16)25-9-14(21)18-15(22)13-4-3-7-24-13/h3-8H,9H2,1-2H3,(H,18,21,22). The van der Waals surface area contributed by atoms with Gasteiger partial charge >= 0.3 is 0 Å². The van der Waals surface area contributed by atoms with Gasteiger partial charge in [0.05, 0.1) is 10.6 Å². The summed E-state index contributed by atoms with van der Waals surface area (Å²) in [5, 5.41) is 12.3. The highest BCUT2D eigenvalue weighted by molar-refractivity contribution is 7.99. The minimum absolute atomic E-state index is 0.0195. The van der Waals surface area contributed by atoms with Gasteiger partial charge in [-0.2, -0.15) is 0 Å². The minimum atomic E-state index is -0.408. The number of rotatable bonds is 5. The summed E-state index contributed by atoms with van der Waals surface area (Å²) < 4.78 is 5.57. The number of carbonyl (C=O) groups excluding carboxylic acids is 2. The van der Waals surface area contributed by atoms with Crippen LogP contribution in [0.5, 0.6) is 0 Å². The lowest BCUT2D eigenvalue weighted by Crippen LogP contribution is -2.31. The van der Waals surface area contributed by atoms with Crippen LogP contribution in [0.3, 0.4) is 0 Å². The van der Waals surface area contributed by atoms with E-state index in [2.05, 4.69) is 15.5 Å². The van der Waals surface area contributed by atoms with Crippen molar-refractivity contribution in [1.29, 1.82) is 0 Å². The first-order chi connectivity index (χ1) is 12.0. The van der Waals surface area contributed by atoms with E-state index in [9.17, 15) is 9.59 Å². The first-order valence-electron chi connectivity index (χ1n) is 7.44. The van der Waals surface area contributed by atoms with E-state index in [1.165, 1.54) is 16.9 Å². The summed E-state index contributed by atoms with van der Waals surface area (Å²) in [4.78, 5) is 24.1. The molecule has 0 saturated carbocycles. The van der Waals surface area contributed by atoms with Crippen LogP contribution in [-0.4, -0.2) is 27.8 Å². The molecule has 0 saturated heterocycles. The Morgan fingerprint density at radius 1 is 1.20 bits per heavy atom. The van der Waals surface area contributed by atoms with Crippen LogP contribution < -0.4 is 5.32 Å². The molecule has 0 aliphatic heterocycles. The van der Waals surface area contributed by atoms with E-state index in [0.29, 0.717) is 10.8 Å². The van der Waals surface area contributed by atoms with Gasteiger partial charge < -0.3 is 4.42 Å². The van der Waals surface area contributed by atoms with Crippen LogP contribution in [0.1, 0.15) is 20.8 Å². The largest absolute Gasteiger partial charge is 0.411 e. The molecule has 0 atom stereocenters. The lowest BCUT2D eigenvalue weighted by molar-refractivity contribution is -0.117. The molecule has 0 spiro atoms. The number of aromatic nitrogens is 2. The Hall–Kier alpha value is -2.45. The van der Waals surface area contributed by atoms with Gasteiger partial charge in [0.25, 0.3) is 11.1 Å². The molecule has 3 rings (SSSR count). The summed E-state index contributed by atoms with van der Waals surface area (Å²) in [6.45, 7) is 4.05. The van der Waals surface area contributed by atoms with Crippen LogP contribution in [0.4, 0.5) is 0 Å². The normalized spacial score (nSPS) is 10.6. The summed E-state index contributed by atoms with van der Waals surface area (Å²) in [7, 11) is 0. The van der Waals surface area contributed by atoms with E-state index in [4.69, 9.17) is 4.42 Å². The van der Waals surface area contributed by atoms with Crippen LogP contribution >= 0.6 is 23.1 Å². The zero-order valence-electron chi connectivity index (χ0n) is 13.6. The molecule has 2 amide bonds. The van der Waals surface area contributed by atoms with E-state index < -0.39 is 11.8 Å². The van der Waals surface area contributed by atoms with Gasteiger partial charge in [0.15, 0.2) is 0 Å². The molecule has 0 unspecified atom stereocenters. The molecular formula is C17H15N3O3S2. The van der Waals surface area contributed by atoms with Gasteiger partial charge in [0, 0.05) is 5.56 Å². The van der Waals surface area contributed by atoms with E-state index in [0.717, 1.165) is 22.9 Å². The number of thiophene rings is 1. The first kappa shape index (κ1) is 17.4. The van der Waals surface area contributed by atoms with Gasteiger partial charge in [-0.1, -0.05) is 23.9 Å². The lowest BCUT2D eigenvalue weighted by atomic mass is 10.1. The Bertz CT molecular complexity index is 904. The van der Waals surface area contributed by atoms with Gasteiger partial charge in [-0.15, -0.1) is 21.5 Å². The molecule has 0 radical (unpaired) electrons. The predicted molar refractivity (Wildman–Crippen MR) is 96.7 cm³/mol. The van der Waals surface area contributed by atoms with Gasteiger partial charge in [-0.05, 0) is 48.6 Å². The highest BCUT2D eigenvalue weighted by Crippen LogP contribution is 2.24. The smallest absolute Gasteiger partial charge is 0.277 e. The van der Waals surface area contributed by atoms with Crippen molar-refractivity contribution in [1.82, 2.24) is 15.5 Å². The number of nitrogens with one attached hydrogen (secondary N) is 1. The number of benzene rings is 1. The maximum Gasteiger partial charge on any atom is 0.277 e. The molecule has 25 heavy (non-hydrogen) atoms. The van der Waals surface area contributed by atoms with Crippen molar-refractivity contribution in [3.8, 4) is 11.5 Å². The third-order valence-corrected chi connectivity index (χ3v) is 5.17. The summed E-state index contributed by atoms with van der Waals surface area (Å²) in [6.07, 6.45) is 0. The van der Waals surface area contributed by atoms with Crippen molar-refractivity contribution in [3.05, 3.63) is 51.7 Å². The van der Waals surface area contributed by atoms with Gasteiger partial charge in [0.2, 0.25) is 11.8 Å². The van der Waals surface area contributed by atoms with Crippen molar-refractivity contribution < 1.29 is 14.0 Å². The molecule has 1 N–H and O–H groups in total. The zero-order valence-corrected chi connectivity index (χ0v) is 15.2. The number of thioether (sulfide) groups is 1. The quantitative estimate of drug-likeness (QED) is 0.690. The SMILES string of the molecule is Cc1ccc(-c2nnc(SCC(=O)NC(=O)c3cccs3)o2)cc1C. The number of aryl methyl sites for hydroxylation is 2. The van der Waals surface area contributed by atoms with E-state index >= 15 is 0 Å². The van der Waals surface area contributed by atoms with Crippen molar-refractivity contribution in [2.75, 3.05) is 5.75 Å². The van der Waals surface area contributed by atoms with Crippen LogP contribution in [0.25, 0.3) is 11.5 Å². The number of imide groups is 1. The molecule has 0 aliphatic carbocycles. The molecule has 8 heteroatoms. The Morgan fingerprint density at radius 3 is 2.76 bits per heavy atom. The van der Waals surface area contributed by atoms with Crippen molar-refractivity contribution in [2.45, 2.75) is 19.1 Å². The zero-order chi connectivity index (χ0) is 17.8. The minimum Gasteiger partial charge on any atom is -0.411 e. The van der Waals surface area contributed by atoms with Crippen LogP contribution in [0, 0.1) is 13.8 Å². The third kappa shape index (κ3) is 4.34. The number of hydrogen-bond donors (Lipinski definition) is 1. The van der Waals surface area contributed by atoms with Crippen molar-refractivity contribution in [3.63, 3.8) is 0 Å². The van der Waals surface area contributed by atoms with Gasteiger partial charge in [0.1, 0.15) is 0 Å². The number of carbonyl (C=O) groups is 2. The molecule has 2 heterocycles. The van der Waals surface area contributed by atoms with Crippen molar-refractivity contribution >= 4 is 34.9 Å². The Labute approximate surface area is 152 Å². The molecule has 6 nitrogen and oxygen atoms in total. The average Bonchev–Trinajstić information content (AvgIpc) is 3.27. The fourth-order valence-corrected chi connectivity index (χ4v) is 3.20. The summed E-state index contributed by atoms with van der Waals surface area (Å²) in [5.41, 5.74) is 3.15. The molecule has 0 bridgehead atoms. The Kier molecular flexibility index (Phi) is 5.30. The average molecular weight is 373 g/mol. The maximum atomic E-state index is 11.8. The second-order valence-electron chi connectivity index (χ2n) is 5.32. The maximum absolute atomic E-state index is 11.8. The van der Waals surface area contributed by atoms with Crippen molar-refractivity contribution in [2.24, 2.45) is 0 Å². The highest BCUT2D eigenvalue weighted by atomic mass is 32.2. The van der Waals surface area contributed by atoms with Crippen LogP contribution in [0.2, 0.25) is 0 Å². The molecular weight excluding hydrogens is 358 g/mol. The molecule has 128 valence electrons. The molecule has 0 fully saturated rings. The second-order valence-corrected chi connectivity index (χ2v) is 7.19. The number of amides is 2. The third-order valence-electron chi connectivity index (χ3n) is 3.48. The fourth-order valence-electron chi connectivity index (χ4n) is 2.02. The fraction of sp³-hybridized carbons (Fsp3) is 0.176. The van der Waals surface area contributed by atoms with E-state index in [1.54, 1.807) is 17.5 Å². The molecule has 2 aromatic heterocycles. The summed E-state index contributed by atoms with van der Waals surface area (Å²) in [6, 6.07) is 9.30. The Balaban J connectivity index is 1.57. The Morgan fingerprint density at radius 2 is 2.04 bits per heavy atom. The number of nitrogens with zero attached hydrogens (tertiary/aromatic N) is 2. The molecule has 0 aliphatic rings. The molecule has 1 aromatic carbocycles. The summed E-state index contributed by atoms with van der Waals surface area (Å²) >= 11 is 2.37. The second kappa shape index (κ2) is 7.62. The lowest BCUT2D eigenvalue weighted by Gasteiger charge is -2.01. The summed E-state index contributed by atoms with van der Waals surface area (Å²) in [5.74, 6) is -0.386. The topological polar surface area (TPSA) is 85.1 Å². The van der Waals surface area contributed by atoms with E-state index in [1.807, 2.05) is 32.0 Å². The van der Waals surface area contributed by atoms with Gasteiger partial charge in [-0.3, -0.25) is 14.9 Å².